The summed E-state index contributed by atoms with van der Waals surface area (Å²) in [5, 5.41) is 0. The topological polar surface area (TPSA) is 0 Å². The Hall–Kier alpha value is -1.56. The fourth-order valence-electron chi connectivity index (χ4n) is 2.48. The molecule has 0 saturated carbocycles. The van der Waals surface area contributed by atoms with E-state index in [2.05, 4.69) is 61.6 Å². The van der Waals surface area contributed by atoms with Crippen molar-refractivity contribution in [3.63, 3.8) is 0 Å². The van der Waals surface area contributed by atoms with Crippen molar-refractivity contribution in [3.05, 3.63) is 71.4 Å². The molecule has 15 heavy (non-hydrogen) atoms. The fraction of sp³-hybridized carbons (Fsp3) is 0.200. The van der Waals surface area contributed by atoms with E-state index in [9.17, 15) is 0 Å². The number of hydrogen-bond donors (Lipinski definition) is 0. The van der Waals surface area contributed by atoms with E-state index in [4.69, 9.17) is 0 Å². The summed E-state index contributed by atoms with van der Waals surface area (Å²) in [6.45, 7) is 2.24. The third-order valence-corrected chi connectivity index (χ3v) is 3.20. The highest BCUT2D eigenvalue weighted by molar-refractivity contribution is 5.55. The van der Waals surface area contributed by atoms with E-state index >= 15 is 0 Å². The van der Waals surface area contributed by atoms with Gasteiger partial charge < -0.3 is 0 Å². The highest BCUT2D eigenvalue weighted by Gasteiger charge is 2.24. The second-order valence-corrected chi connectivity index (χ2v) is 4.37. The Kier molecular flexibility index (Phi) is 1.88. The summed E-state index contributed by atoms with van der Waals surface area (Å²) in [5.74, 6) is 1.02. The predicted molar refractivity (Wildman–Crippen MR) is 64.3 cm³/mol. The Bertz CT molecular complexity index is 464. The van der Waals surface area contributed by atoms with Crippen molar-refractivity contribution in [2.24, 2.45) is 11.8 Å². The van der Waals surface area contributed by atoms with E-state index in [0.29, 0.717) is 11.8 Å². The lowest BCUT2D eigenvalue weighted by Gasteiger charge is -2.25. The van der Waals surface area contributed by atoms with Gasteiger partial charge in [0.25, 0.3) is 0 Å². The summed E-state index contributed by atoms with van der Waals surface area (Å²) in [6.07, 6.45) is 20.1. The van der Waals surface area contributed by atoms with Crippen LogP contribution in [0.1, 0.15) is 6.92 Å². The van der Waals surface area contributed by atoms with E-state index in [1.807, 2.05) is 0 Å². The first-order valence-corrected chi connectivity index (χ1v) is 5.51. The summed E-state index contributed by atoms with van der Waals surface area (Å²) in [4.78, 5) is 0. The van der Waals surface area contributed by atoms with Gasteiger partial charge in [0.1, 0.15) is 0 Å². The molecule has 0 nitrogen and oxygen atoms in total. The maximum Gasteiger partial charge on any atom is 0.0336 e. The van der Waals surface area contributed by atoms with Crippen LogP contribution in [0, 0.1) is 11.8 Å². The van der Waals surface area contributed by atoms with Crippen LogP contribution in [0.5, 0.6) is 0 Å². The lowest BCUT2D eigenvalue weighted by atomic mass is 9.79. The number of allylic oxidation sites excluding steroid dienone is 12. The molecule has 3 aliphatic carbocycles. The van der Waals surface area contributed by atoms with Crippen molar-refractivity contribution in [1.82, 2.24) is 0 Å². The molecule has 0 aliphatic heterocycles. The Morgan fingerprint density at radius 1 is 0.867 bits per heavy atom. The van der Waals surface area contributed by atoms with E-state index < -0.39 is 0 Å². The maximum atomic E-state index is 2.37. The van der Waals surface area contributed by atoms with Gasteiger partial charge in [-0.15, -0.1) is 0 Å². The van der Waals surface area contributed by atoms with Crippen LogP contribution in [-0.2, 0) is 0 Å². The summed E-state index contributed by atoms with van der Waals surface area (Å²) in [6, 6.07) is 0. The summed E-state index contributed by atoms with van der Waals surface area (Å²) >= 11 is 0. The minimum absolute atomic E-state index is 0.487. The summed E-state index contributed by atoms with van der Waals surface area (Å²) in [5.41, 5.74) is 4.28. The molecule has 0 aromatic heterocycles. The van der Waals surface area contributed by atoms with Crippen molar-refractivity contribution < 1.29 is 0 Å². The molecule has 0 amide bonds. The molecule has 0 aromatic rings. The molecule has 0 bridgehead atoms. The van der Waals surface area contributed by atoms with Crippen molar-refractivity contribution in [2.45, 2.75) is 6.92 Å². The largest absolute Gasteiger partial charge is 0.0776 e. The van der Waals surface area contributed by atoms with Crippen LogP contribution in [0.3, 0.4) is 0 Å². The van der Waals surface area contributed by atoms with Crippen molar-refractivity contribution in [3.8, 4) is 0 Å². The van der Waals surface area contributed by atoms with Gasteiger partial charge in [0.2, 0.25) is 0 Å². The Labute approximate surface area is 90.7 Å². The number of rotatable bonds is 0. The molecular weight excluding hydrogens is 180 g/mol. The smallest absolute Gasteiger partial charge is 0.0336 e. The van der Waals surface area contributed by atoms with Gasteiger partial charge in [-0.1, -0.05) is 61.6 Å². The van der Waals surface area contributed by atoms with Crippen LogP contribution < -0.4 is 0 Å². The second kappa shape index (κ2) is 3.23. The van der Waals surface area contributed by atoms with E-state index in [1.165, 1.54) is 16.7 Å². The van der Waals surface area contributed by atoms with Gasteiger partial charge in [0, 0.05) is 5.92 Å². The normalized spacial score (nSPS) is 31.4. The summed E-state index contributed by atoms with van der Waals surface area (Å²) < 4.78 is 0. The molecule has 0 radical (unpaired) electrons. The van der Waals surface area contributed by atoms with Crippen molar-refractivity contribution in [1.29, 1.82) is 0 Å². The molecule has 0 N–H and O–H groups in total. The van der Waals surface area contributed by atoms with Crippen LogP contribution in [0.2, 0.25) is 0 Å². The number of hydrogen-bond acceptors (Lipinski definition) is 0. The quantitative estimate of drug-likeness (QED) is 0.551. The molecule has 0 saturated heterocycles. The van der Waals surface area contributed by atoms with Crippen LogP contribution in [0.25, 0.3) is 0 Å². The maximum absolute atomic E-state index is 2.37. The van der Waals surface area contributed by atoms with Gasteiger partial charge in [-0.05, 0) is 22.6 Å². The van der Waals surface area contributed by atoms with Crippen LogP contribution in [-0.4, -0.2) is 0 Å². The molecule has 2 atom stereocenters. The zero-order valence-corrected chi connectivity index (χ0v) is 8.85. The second-order valence-electron chi connectivity index (χ2n) is 4.37. The molecule has 0 heterocycles. The van der Waals surface area contributed by atoms with Crippen LogP contribution in [0.15, 0.2) is 71.4 Å². The van der Waals surface area contributed by atoms with Crippen molar-refractivity contribution >= 4 is 0 Å². The summed E-state index contributed by atoms with van der Waals surface area (Å²) in [7, 11) is 0. The average Bonchev–Trinajstić information content (AvgIpc) is 2.41. The lowest BCUT2D eigenvalue weighted by Crippen LogP contribution is -2.11. The first-order valence-electron chi connectivity index (χ1n) is 5.51. The van der Waals surface area contributed by atoms with Gasteiger partial charge in [-0.3, -0.25) is 0 Å². The predicted octanol–water partition coefficient (Wildman–Crippen LogP) is 3.73. The van der Waals surface area contributed by atoms with Crippen LogP contribution in [0.4, 0.5) is 0 Å². The van der Waals surface area contributed by atoms with E-state index in [1.54, 1.807) is 0 Å². The highest BCUT2D eigenvalue weighted by atomic mass is 14.3. The SMILES string of the molecule is CC1C=CC2=CC=CC3=CC=CC(=C1)C32. The highest BCUT2D eigenvalue weighted by Crippen LogP contribution is 2.38. The zero-order valence-electron chi connectivity index (χ0n) is 8.85. The minimum Gasteiger partial charge on any atom is -0.0776 e. The van der Waals surface area contributed by atoms with Crippen molar-refractivity contribution in [2.75, 3.05) is 0 Å². The van der Waals surface area contributed by atoms with Crippen LogP contribution >= 0.6 is 0 Å². The molecule has 3 rings (SSSR count). The molecule has 3 aliphatic rings. The average molecular weight is 194 g/mol. The Morgan fingerprint density at radius 2 is 1.53 bits per heavy atom. The van der Waals surface area contributed by atoms with E-state index in [0.717, 1.165) is 0 Å². The third-order valence-electron chi connectivity index (χ3n) is 3.20. The Morgan fingerprint density at radius 3 is 2.33 bits per heavy atom. The monoisotopic (exact) mass is 194 g/mol. The third kappa shape index (κ3) is 1.37. The fourth-order valence-corrected chi connectivity index (χ4v) is 2.48. The molecule has 0 aromatic carbocycles. The lowest BCUT2D eigenvalue weighted by molar-refractivity contribution is 0.869. The van der Waals surface area contributed by atoms with Gasteiger partial charge in [0.15, 0.2) is 0 Å². The van der Waals surface area contributed by atoms with Gasteiger partial charge >= 0.3 is 0 Å². The first-order chi connectivity index (χ1) is 7.34. The van der Waals surface area contributed by atoms with Gasteiger partial charge in [0.05, 0.1) is 0 Å². The zero-order chi connectivity index (χ0) is 10.3. The first kappa shape index (κ1) is 8.72. The Balaban J connectivity index is 2.19. The minimum atomic E-state index is 0.487. The molecule has 0 fully saturated rings. The standard InChI is InChI=1S/C15H14/c1-11-8-9-13-6-2-4-12-5-3-7-14(10-11)15(12)13/h2-11,15H,1H3. The molecule has 0 heteroatoms. The van der Waals surface area contributed by atoms with Gasteiger partial charge in [-0.25, -0.2) is 0 Å². The van der Waals surface area contributed by atoms with E-state index in [-0.39, 0.29) is 0 Å². The molecular formula is C15H14. The molecule has 2 unspecified atom stereocenters. The van der Waals surface area contributed by atoms with Gasteiger partial charge in [-0.2, -0.15) is 0 Å². The molecule has 74 valence electrons. The molecule has 0 spiro atoms.